The van der Waals surface area contributed by atoms with E-state index in [2.05, 4.69) is 65.0 Å². The van der Waals surface area contributed by atoms with Crippen LogP contribution >= 0.6 is 11.8 Å². The molecule has 0 saturated heterocycles. The second-order valence-corrected chi connectivity index (χ2v) is 8.25. The lowest BCUT2D eigenvalue weighted by molar-refractivity contribution is 0.394. The minimum atomic E-state index is 0.711. The fraction of sp³-hybridized carbons (Fsp3) is 0.200. The van der Waals surface area contributed by atoms with Crippen LogP contribution in [-0.2, 0) is 5.75 Å². The largest absolute Gasteiger partial charge is 0.497 e. The van der Waals surface area contributed by atoms with Gasteiger partial charge < -0.3 is 9.47 Å². The van der Waals surface area contributed by atoms with Gasteiger partial charge in [0.2, 0.25) is 0 Å². The standard InChI is InChI=1S/C25H25N3O2S/c1-17-8-7-10-19(12-17)16-31-25-27-26-24(28(25)23-11-6-5-9-18(23)2)20-13-21(29-3)15-22(14-20)30-4/h5-15H,16H2,1-4H3. The molecule has 0 aliphatic rings. The SMILES string of the molecule is COc1cc(OC)cc(-c2nnc(SCc3cccc(C)c3)n2-c2ccccc2C)c1. The first-order valence-electron chi connectivity index (χ1n) is 10.0. The van der Waals surface area contributed by atoms with Gasteiger partial charge >= 0.3 is 0 Å². The number of thioether (sulfide) groups is 1. The Morgan fingerprint density at radius 2 is 1.58 bits per heavy atom. The van der Waals surface area contributed by atoms with Gasteiger partial charge in [0, 0.05) is 17.4 Å². The first kappa shape index (κ1) is 21.0. The zero-order valence-electron chi connectivity index (χ0n) is 18.1. The second kappa shape index (κ2) is 9.27. The summed E-state index contributed by atoms with van der Waals surface area (Å²) in [5.41, 5.74) is 5.60. The normalized spacial score (nSPS) is 10.8. The van der Waals surface area contributed by atoms with E-state index in [-0.39, 0.29) is 0 Å². The third-order valence-electron chi connectivity index (χ3n) is 5.05. The molecule has 0 atom stereocenters. The Balaban J connectivity index is 1.80. The number of hydrogen-bond acceptors (Lipinski definition) is 5. The highest BCUT2D eigenvalue weighted by Gasteiger charge is 2.19. The molecule has 0 radical (unpaired) electrons. The lowest BCUT2D eigenvalue weighted by Gasteiger charge is -2.14. The van der Waals surface area contributed by atoms with Gasteiger partial charge in [0.15, 0.2) is 11.0 Å². The van der Waals surface area contributed by atoms with Crippen LogP contribution in [-0.4, -0.2) is 29.0 Å². The van der Waals surface area contributed by atoms with Crippen LogP contribution in [0, 0.1) is 13.8 Å². The lowest BCUT2D eigenvalue weighted by Crippen LogP contribution is -2.02. The van der Waals surface area contributed by atoms with Crippen molar-refractivity contribution in [3.8, 4) is 28.6 Å². The number of nitrogens with zero attached hydrogens (tertiary/aromatic N) is 3. The molecule has 4 aromatic rings. The first-order chi connectivity index (χ1) is 15.1. The van der Waals surface area contributed by atoms with Crippen LogP contribution in [0.15, 0.2) is 71.9 Å². The molecule has 31 heavy (non-hydrogen) atoms. The molecule has 5 nitrogen and oxygen atoms in total. The Labute approximate surface area is 187 Å². The van der Waals surface area contributed by atoms with Crippen LogP contribution in [0.3, 0.4) is 0 Å². The number of rotatable bonds is 7. The summed E-state index contributed by atoms with van der Waals surface area (Å²) in [5.74, 6) is 2.98. The van der Waals surface area contributed by atoms with E-state index in [1.807, 2.05) is 30.3 Å². The highest BCUT2D eigenvalue weighted by molar-refractivity contribution is 7.98. The molecule has 3 aromatic carbocycles. The van der Waals surface area contributed by atoms with E-state index >= 15 is 0 Å². The summed E-state index contributed by atoms with van der Waals surface area (Å²) in [4.78, 5) is 0. The summed E-state index contributed by atoms with van der Waals surface area (Å²) >= 11 is 1.67. The zero-order chi connectivity index (χ0) is 21.8. The molecule has 0 amide bonds. The van der Waals surface area contributed by atoms with Crippen LogP contribution in [0.2, 0.25) is 0 Å². The quantitative estimate of drug-likeness (QED) is 0.343. The molecule has 0 aliphatic heterocycles. The monoisotopic (exact) mass is 431 g/mol. The highest BCUT2D eigenvalue weighted by atomic mass is 32.2. The molecule has 158 valence electrons. The van der Waals surface area contributed by atoms with Crippen molar-refractivity contribution in [1.82, 2.24) is 14.8 Å². The number of para-hydroxylation sites is 1. The van der Waals surface area contributed by atoms with Crippen molar-refractivity contribution in [2.75, 3.05) is 14.2 Å². The molecule has 0 fully saturated rings. The van der Waals surface area contributed by atoms with Crippen molar-refractivity contribution >= 4 is 11.8 Å². The molecule has 6 heteroatoms. The van der Waals surface area contributed by atoms with Gasteiger partial charge in [-0.2, -0.15) is 0 Å². The van der Waals surface area contributed by atoms with Gasteiger partial charge in [0.25, 0.3) is 0 Å². The van der Waals surface area contributed by atoms with Crippen LogP contribution in [0.25, 0.3) is 17.1 Å². The molecular formula is C25H25N3O2S. The van der Waals surface area contributed by atoms with Crippen molar-refractivity contribution in [2.24, 2.45) is 0 Å². The first-order valence-corrected chi connectivity index (χ1v) is 11.0. The second-order valence-electron chi connectivity index (χ2n) is 7.31. The molecule has 0 spiro atoms. The number of aryl methyl sites for hydroxylation is 2. The Hall–Kier alpha value is -3.25. The molecule has 0 saturated carbocycles. The molecule has 0 unspecified atom stereocenters. The third kappa shape index (κ3) is 4.59. The summed E-state index contributed by atoms with van der Waals surface area (Å²) in [6, 6.07) is 22.6. The number of ether oxygens (including phenoxy) is 2. The number of methoxy groups -OCH3 is 2. The van der Waals surface area contributed by atoms with E-state index in [0.717, 1.165) is 33.5 Å². The molecule has 4 rings (SSSR count). The molecule has 0 aliphatic carbocycles. The summed E-state index contributed by atoms with van der Waals surface area (Å²) in [6.07, 6.45) is 0. The van der Waals surface area contributed by atoms with E-state index in [9.17, 15) is 0 Å². The number of hydrogen-bond donors (Lipinski definition) is 0. The Morgan fingerprint density at radius 1 is 0.839 bits per heavy atom. The van der Waals surface area contributed by atoms with Gasteiger partial charge in [-0.25, -0.2) is 0 Å². The maximum Gasteiger partial charge on any atom is 0.196 e. The van der Waals surface area contributed by atoms with Crippen LogP contribution in [0.4, 0.5) is 0 Å². The molecule has 0 bridgehead atoms. The van der Waals surface area contributed by atoms with Crippen molar-refractivity contribution in [3.63, 3.8) is 0 Å². The lowest BCUT2D eigenvalue weighted by atomic mass is 10.1. The average molecular weight is 432 g/mol. The Morgan fingerprint density at radius 3 is 2.26 bits per heavy atom. The maximum absolute atomic E-state index is 5.47. The van der Waals surface area contributed by atoms with Crippen LogP contribution in [0.5, 0.6) is 11.5 Å². The van der Waals surface area contributed by atoms with Crippen molar-refractivity contribution in [3.05, 3.63) is 83.4 Å². The van der Waals surface area contributed by atoms with Gasteiger partial charge in [-0.1, -0.05) is 59.8 Å². The zero-order valence-corrected chi connectivity index (χ0v) is 18.9. The minimum absolute atomic E-state index is 0.711. The van der Waals surface area contributed by atoms with E-state index in [0.29, 0.717) is 11.5 Å². The Kier molecular flexibility index (Phi) is 6.28. The van der Waals surface area contributed by atoms with Gasteiger partial charge in [0.05, 0.1) is 19.9 Å². The summed E-state index contributed by atoms with van der Waals surface area (Å²) in [7, 11) is 3.29. The fourth-order valence-corrected chi connectivity index (χ4v) is 4.36. The van der Waals surface area contributed by atoms with Gasteiger partial charge in [-0.05, 0) is 43.2 Å². The number of aromatic nitrogens is 3. The van der Waals surface area contributed by atoms with Gasteiger partial charge in [-0.3, -0.25) is 4.57 Å². The van der Waals surface area contributed by atoms with E-state index in [1.165, 1.54) is 11.1 Å². The molecule has 1 heterocycles. The van der Waals surface area contributed by atoms with Crippen LogP contribution < -0.4 is 9.47 Å². The topological polar surface area (TPSA) is 49.2 Å². The molecular weight excluding hydrogens is 406 g/mol. The number of benzene rings is 3. The maximum atomic E-state index is 5.47. The van der Waals surface area contributed by atoms with Crippen molar-refractivity contribution in [2.45, 2.75) is 24.8 Å². The van der Waals surface area contributed by atoms with Gasteiger partial charge in [0.1, 0.15) is 11.5 Å². The molecule has 1 aromatic heterocycles. The van der Waals surface area contributed by atoms with E-state index in [4.69, 9.17) is 9.47 Å². The van der Waals surface area contributed by atoms with Crippen molar-refractivity contribution < 1.29 is 9.47 Å². The van der Waals surface area contributed by atoms with Crippen LogP contribution in [0.1, 0.15) is 16.7 Å². The van der Waals surface area contributed by atoms with Gasteiger partial charge in [-0.15, -0.1) is 10.2 Å². The van der Waals surface area contributed by atoms with Crippen molar-refractivity contribution in [1.29, 1.82) is 0 Å². The summed E-state index contributed by atoms with van der Waals surface area (Å²) in [6.45, 7) is 4.21. The predicted molar refractivity (Wildman–Crippen MR) is 125 cm³/mol. The Bertz CT molecular complexity index is 1180. The summed E-state index contributed by atoms with van der Waals surface area (Å²) in [5, 5.41) is 9.96. The molecule has 0 N–H and O–H groups in total. The van der Waals surface area contributed by atoms with E-state index < -0.39 is 0 Å². The minimum Gasteiger partial charge on any atom is -0.497 e. The highest BCUT2D eigenvalue weighted by Crippen LogP contribution is 2.34. The van der Waals surface area contributed by atoms with E-state index in [1.54, 1.807) is 26.0 Å². The smallest absolute Gasteiger partial charge is 0.196 e. The third-order valence-corrected chi connectivity index (χ3v) is 6.05. The predicted octanol–water partition coefficient (Wildman–Crippen LogP) is 5.86. The fourth-order valence-electron chi connectivity index (χ4n) is 3.47. The average Bonchev–Trinajstić information content (AvgIpc) is 3.21. The summed E-state index contributed by atoms with van der Waals surface area (Å²) < 4.78 is 13.1.